The molecule has 1 N–H and O–H groups in total. The Morgan fingerprint density at radius 2 is 1.90 bits per heavy atom. The van der Waals surface area contributed by atoms with Gasteiger partial charge in [0.15, 0.2) is 11.5 Å². The summed E-state index contributed by atoms with van der Waals surface area (Å²) >= 11 is 3.42. The van der Waals surface area contributed by atoms with Gasteiger partial charge in [-0.25, -0.2) is 5.43 Å². The van der Waals surface area contributed by atoms with Crippen molar-refractivity contribution >= 4 is 28.1 Å². The first-order valence-corrected chi connectivity index (χ1v) is 7.01. The van der Waals surface area contributed by atoms with Crippen molar-refractivity contribution in [1.82, 2.24) is 5.43 Å². The highest BCUT2D eigenvalue weighted by Gasteiger charge is 2.15. The summed E-state index contributed by atoms with van der Waals surface area (Å²) < 4.78 is 11.4. The molecule has 21 heavy (non-hydrogen) atoms. The van der Waals surface area contributed by atoms with Crippen molar-refractivity contribution in [2.45, 2.75) is 0 Å². The van der Waals surface area contributed by atoms with E-state index in [4.69, 9.17) is 9.47 Å². The molecule has 0 unspecified atom stereocenters. The summed E-state index contributed by atoms with van der Waals surface area (Å²) in [6, 6.07) is 12.5. The molecule has 6 heteroatoms. The minimum absolute atomic E-state index is 0.215. The number of hydrogen-bond acceptors (Lipinski definition) is 4. The summed E-state index contributed by atoms with van der Waals surface area (Å²) in [6.45, 7) is 0.215. The monoisotopic (exact) mass is 346 g/mol. The first-order valence-electron chi connectivity index (χ1n) is 6.21. The first kappa shape index (κ1) is 13.6. The molecule has 106 valence electrons. The van der Waals surface area contributed by atoms with Crippen LogP contribution in [0.3, 0.4) is 0 Å². The Hall–Kier alpha value is -2.34. The van der Waals surface area contributed by atoms with E-state index in [0.29, 0.717) is 17.1 Å². The maximum absolute atomic E-state index is 11.8. The molecule has 0 radical (unpaired) electrons. The highest BCUT2D eigenvalue weighted by atomic mass is 79.9. The van der Waals surface area contributed by atoms with Gasteiger partial charge in [-0.2, -0.15) is 5.10 Å². The van der Waals surface area contributed by atoms with Gasteiger partial charge >= 0.3 is 0 Å². The second-order valence-electron chi connectivity index (χ2n) is 4.29. The van der Waals surface area contributed by atoms with Gasteiger partial charge in [-0.1, -0.05) is 18.2 Å². The molecule has 1 aliphatic rings. The molecular weight excluding hydrogens is 336 g/mol. The highest BCUT2D eigenvalue weighted by Crippen LogP contribution is 2.36. The lowest BCUT2D eigenvalue weighted by molar-refractivity contribution is 0.0955. The van der Waals surface area contributed by atoms with Gasteiger partial charge < -0.3 is 9.47 Å². The predicted molar refractivity (Wildman–Crippen MR) is 81.8 cm³/mol. The smallest absolute Gasteiger partial charge is 0.271 e. The minimum Gasteiger partial charge on any atom is -0.454 e. The number of ether oxygens (including phenoxy) is 2. The van der Waals surface area contributed by atoms with Crippen LogP contribution in [-0.4, -0.2) is 18.9 Å². The molecule has 3 rings (SSSR count). The van der Waals surface area contributed by atoms with Gasteiger partial charge in [0.25, 0.3) is 5.91 Å². The van der Waals surface area contributed by atoms with Crippen molar-refractivity contribution in [2.75, 3.05) is 6.79 Å². The lowest BCUT2D eigenvalue weighted by Gasteiger charge is -2.02. The van der Waals surface area contributed by atoms with Gasteiger partial charge in [0.1, 0.15) is 0 Å². The normalized spacial score (nSPS) is 12.6. The van der Waals surface area contributed by atoms with E-state index < -0.39 is 0 Å². The summed E-state index contributed by atoms with van der Waals surface area (Å²) in [4.78, 5) is 11.8. The Morgan fingerprint density at radius 1 is 1.19 bits per heavy atom. The molecule has 0 spiro atoms. The third-order valence-electron chi connectivity index (χ3n) is 2.90. The Morgan fingerprint density at radius 3 is 2.67 bits per heavy atom. The van der Waals surface area contributed by atoms with Crippen LogP contribution < -0.4 is 14.9 Å². The number of nitrogens with zero attached hydrogens (tertiary/aromatic N) is 1. The number of rotatable bonds is 3. The number of nitrogens with one attached hydrogen (secondary N) is 1. The molecule has 1 heterocycles. The van der Waals surface area contributed by atoms with Crippen molar-refractivity contribution in [2.24, 2.45) is 5.10 Å². The Bertz CT molecular complexity index is 702. The molecular formula is C15H11BrN2O3. The van der Waals surface area contributed by atoms with E-state index in [0.717, 1.165) is 10.0 Å². The summed E-state index contributed by atoms with van der Waals surface area (Å²) in [6.07, 6.45) is 1.55. The van der Waals surface area contributed by atoms with Crippen LogP contribution in [0.25, 0.3) is 0 Å². The van der Waals surface area contributed by atoms with Crippen LogP contribution in [0.5, 0.6) is 11.5 Å². The summed E-state index contributed by atoms with van der Waals surface area (Å²) in [5.74, 6) is 1.09. The zero-order chi connectivity index (χ0) is 14.7. The molecule has 0 aliphatic carbocycles. The standard InChI is InChI=1S/C15H11BrN2O3/c16-12-7-14-13(20-9-21-14)6-11(12)8-17-18-15(19)10-4-2-1-3-5-10/h1-8H,9H2,(H,18,19)/b17-8+. The van der Waals surface area contributed by atoms with Crippen molar-refractivity contribution < 1.29 is 14.3 Å². The average Bonchev–Trinajstić information content (AvgIpc) is 2.95. The van der Waals surface area contributed by atoms with E-state index >= 15 is 0 Å². The predicted octanol–water partition coefficient (Wildman–Crippen LogP) is 2.94. The van der Waals surface area contributed by atoms with Gasteiger partial charge in [0, 0.05) is 15.6 Å². The van der Waals surface area contributed by atoms with E-state index in [-0.39, 0.29) is 12.7 Å². The molecule has 0 atom stereocenters. The number of benzene rings is 2. The van der Waals surface area contributed by atoms with E-state index in [1.165, 1.54) is 0 Å². The zero-order valence-electron chi connectivity index (χ0n) is 10.9. The topological polar surface area (TPSA) is 59.9 Å². The average molecular weight is 347 g/mol. The number of hydrazone groups is 1. The fourth-order valence-electron chi connectivity index (χ4n) is 1.85. The van der Waals surface area contributed by atoms with E-state index in [1.54, 1.807) is 36.5 Å². The molecule has 5 nitrogen and oxygen atoms in total. The molecule has 1 aliphatic heterocycles. The lowest BCUT2D eigenvalue weighted by atomic mass is 10.2. The SMILES string of the molecule is O=C(N/N=C/c1cc2c(cc1Br)OCO2)c1ccccc1. The molecule has 0 fully saturated rings. The van der Waals surface area contributed by atoms with Gasteiger partial charge in [0.05, 0.1) is 6.21 Å². The van der Waals surface area contributed by atoms with Crippen molar-refractivity contribution in [3.8, 4) is 11.5 Å². The Labute approximate surface area is 129 Å². The fraction of sp³-hybridized carbons (Fsp3) is 0.0667. The number of carbonyl (C=O) groups is 1. The minimum atomic E-state index is -0.260. The van der Waals surface area contributed by atoms with Gasteiger partial charge in [0.2, 0.25) is 6.79 Å². The third kappa shape index (κ3) is 3.05. The van der Waals surface area contributed by atoms with E-state index in [2.05, 4.69) is 26.5 Å². The molecule has 0 saturated carbocycles. The van der Waals surface area contributed by atoms with Crippen LogP contribution in [-0.2, 0) is 0 Å². The number of amides is 1. The molecule has 0 bridgehead atoms. The summed E-state index contributed by atoms with van der Waals surface area (Å²) in [5, 5.41) is 3.95. The molecule has 1 amide bonds. The molecule has 2 aromatic rings. The summed E-state index contributed by atoms with van der Waals surface area (Å²) in [7, 11) is 0. The summed E-state index contributed by atoms with van der Waals surface area (Å²) in [5.41, 5.74) is 3.82. The first-order chi connectivity index (χ1) is 10.2. The maximum atomic E-state index is 11.8. The van der Waals surface area contributed by atoms with Crippen molar-refractivity contribution in [1.29, 1.82) is 0 Å². The number of halogens is 1. The van der Waals surface area contributed by atoms with Crippen LogP contribution in [0.4, 0.5) is 0 Å². The van der Waals surface area contributed by atoms with Crippen LogP contribution in [0.1, 0.15) is 15.9 Å². The molecule has 2 aromatic carbocycles. The lowest BCUT2D eigenvalue weighted by Crippen LogP contribution is -2.17. The maximum Gasteiger partial charge on any atom is 0.271 e. The van der Waals surface area contributed by atoms with Crippen molar-refractivity contribution in [3.63, 3.8) is 0 Å². The van der Waals surface area contributed by atoms with Crippen LogP contribution in [0.15, 0.2) is 52.0 Å². The Balaban J connectivity index is 1.71. The fourth-order valence-corrected chi connectivity index (χ4v) is 2.27. The van der Waals surface area contributed by atoms with Crippen LogP contribution in [0, 0.1) is 0 Å². The molecule has 0 aromatic heterocycles. The number of hydrogen-bond donors (Lipinski definition) is 1. The second-order valence-corrected chi connectivity index (χ2v) is 5.15. The molecule has 0 saturated heterocycles. The van der Waals surface area contributed by atoms with E-state index in [1.807, 2.05) is 12.1 Å². The largest absolute Gasteiger partial charge is 0.454 e. The van der Waals surface area contributed by atoms with Crippen molar-refractivity contribution in [3.05, 3.63) is 58.1 Å². The number of carbonyl (C=O) groups excluding carboxylic acids is 1. The Kier molecular flexibility index (Phi) is 3.87. The van der Waals surface area contributed by atoms with Gasteiger partial charge in [-0.15, -0.1) is 0 Å². The van der Waals surface area contributed by atoms with Crippen LogP contribution in [0.2, 0.25) is 0 Å². The quantitative estimate of drug-likeness (QED) is 0.686. The highest BCUT2D eigenvalue weighted by molar-refractivity contribution is 9.10. The second kappa shape index (κ2) is 5.97. The van der Waals surface area contributed by atoms with E-state index in [9.17, 15) is 4.79 Å². The number of fused-ring (bicyclic) bond motifs is 1. The zero-order valence-corrected chi connectivity index (χ0v) is 12.5. The van der Waals surface area contributed by atoms with Gasteiger partial charge in [-0.3, -0.25) is 4.79 Å². The van der Waals surface area contributed by atoms with Gasteiger partial charge in [-0.05, 0) is 40.2 Å². The third-order valence-corrected chi connectivity index (χ3v) is 3.58. The van der Waals surface area contributed by atoms with Crippen LogP contribution >= 0.6 is 15.9 Å².